The molecule has 20 heavy (non-hydrogen) atoms. The van der Waals surface area contributed by atoms with Crippen LogP contribution in [0.25, 0.3) is 0 Å². The molecular formula is C12H15F3N2O3. The third-order valence-corrected chi connectivity index (χ3v) is 2.46. The lowest BCUT2D eigenvalue weighted by Crippen LogP contribution is -2.27. The number of amides is 1. The lowest BCUT2D eigenvalue weighted by molar-refractivity contribution is -0.137. The van der Waals surface area contributed by atoms with Gasteiger partial charge in [0.25, 0.3) is 0 Å². The molecule has 0 aliphatic carbocycles. The van der Waals surface area contributed by atoms with Crippen molar-refractivity contribution in [3.63, 3.8) is 0 Å². The summed E-state index contributed by atoms with van der Waals surface area (Å²) in [5.74, 6) is 0. The van der Waals surface area contributed by atoms with E-state index >= 15 is 0 Å². The van der Waals surface area contributed by atoms with E-state index in [4.69, 9.17) is 5.73 Å². The molecule has 0 aliphatic rings. The second-order valence-electron chi connectivity index (χ2n) is 4.01. The van der Waals surface area contributed by atoms with Gasteiger partial charge in [-0.3, -0.25) is 0 Å². The van der Waals surface area contributed by atoms with Crippen LogP contribution in [0.5, 0.6) is 0 Å². The van der Waals surface area contributed by atoms with Crippen molar-refractivity contribution in [1.82, 2.24) is 5.32 Å². The number of halogens is 3. The summed E-state index contributed by atoms with van der Waals surface area (Å²) < 4.78 is 41.9. The average molecular weight is 292 g/mol. The van der Waals surface area contributed by atoms with E-state index < -0.39 is 23.9 Å². The van der Waals surface area contributed by atoms with Crippen molar-refractivity contribution in [3.05, 3.63) is 35.4 Å². The van der Waals surface area contributed by atoms with Gasteiger partial charge in [-0.05, 0) is 17.7 Å². The number of nitrogens with two attached hydrogens (primary N) is 1. The second-order valence-corrected chi connectivity index (χ2v) is 4.01. The van der Waals surface area contributed by atoms with E-state index in [0.717, 1.165) is 12.1 Å². The number of ether oxygens (including phenoxy) is 1. The number of hydrogen-bond donors (Lipinski definition) is 3. The number of aliphatic hydroxyl groups is 1. The van der Waals surface area contributed by atoms with Crippen LogP contribution in [-0.4, -0.2) is 30.9 Å². The highest BCUT2D eigenvalue weighted by atomic mass is 19.4. The molecule has 0 heterocycles. The summed E-state index contributed by atoms with van der Waals surface area (Å²) in [5.41, 5.74) is 4.08. The summed E-state index contributed by atoms with van der Waals surface area (Å²) >= 11 is 0. The van der Waals surface area contributed by atoms with E-state index in [1.165, 1.54) is 12.1 Å². The molecule has 1 atom stereocenters. The Labute approximate surface area is 113 Å². The summed E-state index contributed by atoms with van der Waals surface area (Å²) in [5, 5.41) is 12.5. The Bertz CT molecular complexity index is 452. The number of aliphatic hydroxyl groups excluding tert-OH is 1. The number of alkyl halides is 3. The van der Waals surface area contributed by atoms with Crippen molar-refractivity contribution in [3.8, 4) is 0 Å². The van der Waals surface area contributed by atoms with E-state index in [0.29, 0.717) is 0 Å². The van der Waals surface area contributed by atoms with Crippen molar-refractivity contribution in [2.75, 3.05) is 19.7 Å². The maximum absolute atomic E-state index is 12.5. The van der Waals surface area contributed by atoms with E-state index in [2.05, 4.69) is 10.1 Å². The maximum atomic E-state index is 12.5. The zero-order valence-electron chi connectivity index (χ0n) is 10.5. The molecule has 0 bridgehead atoms. The van der Waals surface area contributed by atoms with Crippen LogP contribution in [0.15, 0.2) is 24.3 Å². The molecular weight excluding hydrogens is 277 g/mol. The first-order valence-electron chi connectivity index (χ1n) is 5.79. The summed E-state index contributed by atoms with van der Waals surface area (Å²) in [6.45, 7) is 0.285. The molecule has 8 heteroatoms. The predicted octanol–water partition coefficient (Wildman–Crippen LogP) is 1.42. The van der Waals surface area contributed by atoms with Gasteiger partial charge in [0, 0.05) is 13.1 Å². The van der Waals surface area contributed by atoms with Crippen molar-refractivity contribution < 1.29 is 27.8 Å². The van der Waals surface area contributed by atoms with Gasteiger partial charge in [-0.15, -0.1) is 0 Å². The molecule has 0 saturated heterocycles. The summed E-state index contributed by atoms with van der Waals surface area (Å²) in [4.78, 5) is 10.3. The van der Waals surface area contributed by atoms with Gasteiger partial charge < -0.3 is 20.9 Å². The van der Waals surface area contributed by atoms with E-state index in [1.807, 2.05) is 0 Å². The third kappa shape index (κ3) is 5.45. The Morgan fingerprint density at radius 1 is 1.45 bits per heavy atom. The first-order valence-corrected chi connectivity index (χ1v) is 5.79. The molecule has 0 radical (unpaired) electrons. The van der Waals surface area contributed by atoms with Crippen LogP contribution >= 0.6 is 0 Å². The molecule has 5 nitrogen and oxygen atoms in total. The standard InChI is InChI=1S/C12H15F3N2O3/c13-12(14,15)9-3-1-2-8(6-9)10(18)7-17-4-5-20-11(16)19/h1-3,6,10,17-18H,4-5,7H2,(H2,16,19). The Morgan fingerprint density at radius 2 is 2.15 bits per heavy atom. The molecule has 1 unspecified atom stereocenters. The van der Waals surface area contributed by atoms with E-state index in [-0.39, 0.29) is 25.3 Å². The normalized spacial score (nSPS) is 13.0. The number of carbonyl (C=O) groups excluding carboxylic acids is 1. The van der Waals surface area contributed by atoms with Crippen molar-refractivity contribution in [1.29, 1.82) is 0 Å². The molecule has 0 saturated carbocycles. The minimum absolute atomic E-state index is 0.0185. The summed E-state index contributed by atoms with van der Waals surface area (Å²) in [6, 6.07) is 4.47. The third-order valence-electron chi connectivity index (χ3n) is 2.46. The van der Waals surface area contributed by atoms with Crippen LogP contribution in [-0.2, 0) is 10.9 Å². The van der Waals surface area contributed by atoms with Crippen LogP contribution in [0.4, 0.5) is 18.0 Å². The number of carbonyl (C=O) groups is 1. The lowest BCUT2D eigenvalue weighted by Gasteiger charge is -2.14. The zero-order valence-corrected chi connectivity index (χ0v) is 10.5. The quantitative estimate of drug-likeness (QED) is 0.692. The van der Waals surface area contributed by atoms with Crippen molar-refractivity contribution in [2.24, 2.45) is 5.73 Å². The second kappa shape index (κ2) is 7.11. The molecule has 1 aromatic rings. The van der Waals surface area contributed by atoms with E-state index in [1.54, 1.807) is 0 Å². The Balaban J connectivity index is 2.47. The molecule has 112 valence electrons. The molecule has 0 aromatic heterocycles. The van der Waals surface area contributed by atoms with Gasteiger partial charge in [-0.2, -0.15) is 13.2 Å². The minimum atomic E-state index is -4.45. The number of hydrogen-bond acceptors (Lipinski definition) is 4. The summed E-state index contributed by atoms with van der Waals surface area (Å²) in [7, 11) is 0. The Hall–Kier alpha value is -1.80. The van der Waals surface area contributed by atoms with Crippen LogP contribution in [0.2, 0.25) is 0 Å². The molecule has 0 fully saturated rings. The monoisotopic (exact) mass is 292 g/mol. The fraction of sp³-hybridized carbons (Fsp3) is 0.417. The molecule has 0 aliphatic heterocycles. The van der Waals surface area contributed by atoms with Crippen LogP contribution in [0.1, 0.15) is 17.2 Å². The van der Waals surface area contributed by atoms with Crippen molar-refractivity contribution in [2.45, 2.75) is 12.3 Å². The number of benzene rings is 1. The molecule has 4 N–H and O–H groups in total. The largest absolute Gasteiger partial charge is 0.448 e. The number of primary amides is 1. The van der Waals surface area contributed by atoms with Gasteiger partial charge in [0.05, 0.1) is 11.7 Å². The first kappa shape index (κ1) is 16.3. The Morgan fingerprint density at radius 3 is 2.75 bits per heavy atom. The van der Waals surface area contributed by atoms with Gasteiger partial charge in [-0.25, -0.2) is 4.79 Å². The fourth-order valence-corrected chi connectivity index (χ4v) is 1.50. The molecule has 1 rings (SSSR count). The maximum Gasteiger partial charge on any atom is 0.416 e. The highest BCUT2D eigenvalue weighted by Gasteiger charge is 2.30. The highest BCUT2D eigenvalue weighted by molar-refractivity contribution is 5.64. The first-order chi connectivity index (χ1) is 9.30. The zero-order chi connectivity index (χ0) is 15.2. The van der Waals surface area contributed by atoms with Crippen molar-refractivity contribution >= 4 is 6.09 Å². The Kier molecular flexibility index (Phi) is 5.78. The van der Waals surface area contributed by atoms with Gasteiger partial charge >= 0.3 is 12.3 Å². The topological polar surface area (TPSA) is 84.6 Å². The van der Waals surface area contributed by atoms with Gasteiger partial charge in [0.15, 0.2) is 0 Å². The number of rotatable bonds is 6. The van der Waals surface area contributed by atoms with Gasteiger partial charge in [0.1, 0.15) is 6.61 Å². The molecule has 0 spiro atoms. The fourth-order valence-electron chi connectivity index (χ4n) is 1.50. The van der Waals surface area contributed by atoms with Crippen LogP contribution < -0.4 is 11.1 Å². The van der Waals surface area contributed by atoms with Crippen LogP contribution in [0.3, 0.4) is 0 Å². The van der Waals surface area contributed by atoms with Gasteiger partial charge in [-0.1, -0.05) is 12.1 Å². The SMILES string of the molecule is NC(=O)OCCNCC(O)c1cccc(C(F)(F)F)c1. The molecule has 1 aromatic carbocycles. The smallest absolute Gasteiger partial charge is 0.416 e. The van der Waals surface area contributed by atoms with E-state index in [9.17, 15) is 23.1 Å². The lowest BCUT2D eigenvalue weighted by atomic mass is 10.1. The molecule has 1 amide bonds. The van der Waals surface area contributed by atoms with Gasteiger partial charge in [0.2, 0.25) is 0 Å². The summed E-state index contributed by atoms with van der Waals surface area (Å²) in [6.07, 6.45) is -6.45. The average Bonchev–Trinajstić information content (AvgIpc) is 2.37. The predicted molar refractivity (Wildman–Crippen MR) is 64.8 cm³/mol. The van der Waals surface area contributed by atoms with Crippen LogP contribution in [0, 0.1) is 0 Å². The highest BCUT2D eigenvalue weighted by Crippen LogP contribution is 2.30. The number of nitrogens with one attached hydrogen (secondary N) is 1. The minimum Gasteiger partial charge on any atom is -0.448 e.